The summed E-state index contributed by atoms with van der Waals surface area (Å²) in [4.78, 5) is 17.1. The van der Waals surface area contributed by atoms with E-state index in [1.807, 2.05) is 37.4 Å². The minimum Gasteiger partial charge on any atom is -0.493 e. The smallest absolute Gasteiger partial charge is 0.253 e. The van der Waals surface area contributed by atoms with Crippen molar-refractivity contribution in [2.45, 2.75) is 32.9 Å². The molecule has 2 aromatic rings. The van der Waals surface area contributed by atoms with Gasteiger partial charge in [-0.25, -0.2) is 0 Å². The first-order valence-electron chi connectivity index (χ1n) is 10.3. The Morgan fingerprint density at radius 2 is 1.76 bits per heavy atom. The first-order chi connectivity index (χ1) is 14.0. The zero-order chi connectivity index (χ0) is 20.8. The van der Waals surface area contributed by atoms with E-state index in [1.54, 1.807) is 19.1 Å². The highest BCUT2D eigenvalue weighted by Crippen LogP contribution is 2.28. The predicted molar refractivity (Wildman–Crippen MR) is 115 cm³/mol. The molecule has 0 aliphatic carbocycles. The summed E-state index contributed by atoms with van der Waals surface area (Å²) in [6.45, 7) is 6.11. The molecule has 0 bridgehead atoms. The van der Waals surface area contributed by atoms with Crippen molar-refractivity contribution < 1.29 is 14.3 Å². The van der Waals surface area contributed by atoms with Crippen molar-refractivity contribution >= 4 is 5.91 Å². The second-order valence-electron chi connectivity index (χ2n) is 8.03. The van der Waals surface area contributed by atoms with Crippen molar-refractivity contribution in [2.24, 2.45) is 5.92 Å². The fourth-order valence-electron chi connectivity index (χ4n) is 3.99. The zero-order valence-corrected chi connectivity index (χ0v) is 18.0. The highest BCUT2D eigenvalue weighted by atomic mass is 16.5. The normalized spacial score (nSPS) is 17.0. The summed E-state index contributed by atoms with van der Waals surface area (Å²) in [5.74, 6) is 2.14. The van der Waals surface area contributed by atoms with Gasteiger partial charge in [-0.2, -0.15) is 0 Å². The van der Waals surface area contributed by atoms with Gasteiger partial charge in [0.25, 0.3) is 5.91 Å². The Hall–Kier alpha value is -2.53. The van der Waals surface area contributed by atoms with Crippen LogP contribution in [0.15, 0.2) is 42.5 Å². The van der Waals surface area contributed by atoms with Gasteiger partial charge in [-0.3, -0.25) is 9.69 Å². The number of carbonyl (C=O) groups is 1. The van der Waals surface area contributed by atoms with E-state index >= 15 is 0 Å². The topological polar surface area (TPSA) is 42.0 Å². The summed E-state index contributed by atoms with van der Waals surface area (Å²) in [5, 5.41) is 0. The van der Waals surface area contributed by atoms with Crippen LogP contribution < -0.4 is 9.47 Å². The lowest BCUT2D eigenvalue weighted by atomic mass is 9.99. The van der Waals surface area contributed by atoms with Crippen molar-refractivity contribution in [1.82, 2.24) is 9.80 Å². The first-order valence-corrected chi connectivity index (χ1v) is 10.3. The Morgan fingerprint density at radius 1 is 1.07 bits per heavy atom. The minimum atomic E-state index is 0.0120. The molecular weight excluding hydrogens is 364 g/mol. The van der Waals surface area contributed by atoms with Gasteiger partial charge >= 0.3 is 0 Å². The van der Waals surface area contributed by atoms with E-state index in [1.165, 1.54) is 24.9 Å². The molecule has 1 fully saturated rings. The molecule has 0 saturated carbocycles. The molecule has 1 amide bonds. The summed E-state index contributed by atoms with van der Waals surface area (Å²) in [7, 11) is 5.05. The Morgan fingerprint density at radius 3 is 2.41 bits per heavy atom. The van der Waals surface area contributed by atoms with Crippen LogP contribution in [-0.4, -0.2) is 50.1 Å². The third-order valence-corrected chi connectivity index (χ3v) is 5.56. The highest BCUT2D eigenvalue weighted by Gasteiger charge is 2.17. The summed E-state index contributed by atoms with van der Waals surface area (Å²) in [6.07, 6.45) is 2.61. The summed E-state index contributed by atoms with van der Waals surface area (Å²) in [5.41, 5.74) is 2.97. The van der Waals surface area contributed by atoms with Crippen LogP contribution in [0.3, 0.4) is 0 Å². The number of benzene rings is 2. The van der Waals surface area contributed by atoms with E-state index in [0.29, 0.717) is 23.6 Å². The molecule has 0 N–H and O–H groups in total. The van der Waals surface area contributed by atoms with Crippen LogP contribution in [0.1, 0.15) is 41.3 Å². The number of nitrogens with zero attached hydrogens (tertiary/aromatic N) is 2. The van der Waals surface area contributed by atoms with Gasteiger partial charge in [0.1, 0.15) is 0 Å². The predicted octanol–water partition coefficient (Wildman–Crippen LogP) is 4.21. The van der Waals surface area contributed by atoms with E-state index in [2.05, 4.69) is 24.0 Å². The quantitative estimate of drug-likeness (QED) is 0.703. The largest absolute Gasteiger partial charge is 0.493 e. The number of hydrogen-bond acceptors (Lipinski definition) is 4. The lowest BCUT2D eigenvalue weighted by molar-refractivity contribution is 0.0785. The fourth-order valence-corrected chi connectivity index (χ4v) is 3.99. The Balaban J connectivity index is 1.60. The monoisotopic (exact) mass is 396 g/mol. The molecule has 1 saturated heterocycles. The van der Waals surface area contributed by atoms with E-state index in [4.69, 9.17) is 9.47 Å². The number of hydrogen-bond donors (Lipinski definition) is 0. The molecule has 1 heterocycles. The van der Waals surface area contributed by atoms with Gasteiger partial charge in [-0.1, -0.05) is 25.1 Å². The molecule has 1 atom stereocenters. The SMILES string of the molecule is COc1ccc(CN(C)C(=O)c2ccc(CN3CCCC(C)C3)cc2)cc1OC. The maximum Gasteiger partial charge on any atom is 0.253 e. The number of likely N-dealkylation sites (tertiary alicyclic amines) is 1. The lowest BCUT2D eigenvalue weighted by Gasteiger charge is -2.30. The molecule has 156 valence electrons. The molecule has 1 aliphatic rings. The number of rotatable bonds is 7. The van der Waals surface area contributed by atoms with Gasteiger partial charge in [-0.05, 0) is 60.7 Å². The lowest BCUT2D eigenvalue weighted by Crippen LogP contribution is -2.33. The summed E-state index contributed by atoms with van der Waals surface area (Å²) < 4.78 is 10.6. The van der Waals surface area contributed by atoms with Crippen molar-refractivity contribution in [2.75, 3.05) is 34.4 Å². The molecule has 5 heteroatoms. The van der Waals surface area contributed by atoms with Crippen LogP contribution in [0.2, 0.25) is 0 Å². The average Bonchev–Trinajstić information content (AvgIpc) is 2.73. The first kappa shape index (κ1) is 21.2. The van der Waals surface area contributed by atoms with Gasteiger partial charge in [0.05, 0.1) is 14.2 Å². The van der Waals surface area contributed by atoms with Crippen LogP contribution in [-0.2, 0) is 13.1 Å². The number of methoxy groups -OCH3 is 2. The Labute approximate surface area is 174 Å². The van der Waals surface area contributed by atoms with Crippen LogP contribution in [0.4, 0.5) is 0 Å². The van der Waals surface area contributed by atoms with Crippen molar-refractivity contribution in [3.05, 3.63) is 59.2 Å². The second-order valence-corrected chi connectivity index (χ2v) is 8.03. The summed E-state index contributed by atoms with van der Waals surface area (Å²) in [6, 6.07) is 13.8. The molecule has 5 nitrogen and oxygen atoms in total. The summed E-state index contributed by atoms with van der Waals surface area (Å²) >= 11 is 0. The second kappa shape index (κ2) is 9.79. The van der Waals surface area contributed by atoms with Gasteiger partial charge in [0.2, 0.25) is 0 Å². The maximum atomic E-state index is 12.8. The molecule has 1 unspecified atom stereocenters. The van der Waals surface area contributed by atoms with E-state index in [0.717, 1.165) is 24.6 Å². The fraction of sp³-hybridized carbons (Fsp3) is 0.458. The maximum absolute atomic E-state index is 12.8. The molecule has 29 heavy (non-hydrogen) atoms. The van der Waals surface area contributed by atoms with E-state index < -0.39 is 0 Å². The Bertz CT molecular complexity index is 819. The molecule has 2 aromatic carbocycles. The van der Waals surface area contributed by atoms with Gasteiger partial charge < -0.3 is 14.4 Å². The average molecular weight is 397 g/mol. The number of carbonyl (C=O) groups excluding carboxylic acids is 1. The van der Waals surface area contributed by atoms with Crippen LogP contribution >= 0.6 is 0 Å². The molecule has 0 radical (unpaired) electrons. The minimum absolute atomic E-state index is 0.0120. The third-order valence-electron chi connectivity index (χ3n) is 5.56. The molecule has 0 aromatic heterocycles. The third kappa shape index (κ3) is 5.51. The van der Waals surface area contributed by atoms with Gasteiger partial charge in [0.15, 0.2) is 11.5 Å². The van der Waals surface area contributed by atoms with Gasteiger partial charge in [0, 0.05) is 32.2 Å². The molecule has 3 rings (SSSR count). The molecule has 1 aliphatic heterocycles. The van der Waals surface area contributed by atoms with Gasteiger partial charge in [-0.15, -0.1) is 0 Å². The zero-order valence-electron chi connectivity index (χ0n) is 18.0. The number of amides is 1. The van der Waals surface area contributed by atoms with Crippen molar-refractivity contribution in [1.29, 1.82) is 0 Å². The number of ether oxygens (including phenoxy) is 2. The van der Waals surface area contributed by atoms with Crippen molar-refractivity contribution in [3.8, 4) is 11.5 Å². The van der Waals surface area contributed by atoms with Crippen LogP contribution in [0, 0.1) is 5.92 Å². The van der Waals surface area contributed by atoms with Crippen molar-refractivity contribution in [3.63, 3.8) is 0 Å². The van der Waals surface area contributed by atoms with E-state index in [-0.39, 0.29) is 5.91 Å². The molecular formula is C24H32N2O3. The van der Waals surface area contributed by atoms with E-state index in [9.17, 15) is 4.79 Å². The number of piperidine rings is 1. The molecule has 0 spiro atoms. The Kier molecular flexibility index (Phi) is 7.15. The van der Waals surface area contributed by atoms with Crippen LogP contribution in [0.5, 0.6) is 11.5 Å². The standard InChI is InChI=1S/C24H32N2O3/c1-18-6-5-13-26(15-18)17-19-7-10-21(11-8-19)24(27)25(2)16-20-9-12-22(28-3)23(14-20)29-4/h7-12,14,18H,5-6,13,15-17H2,1-4H3. The highest BCUT2D eigenvalue weighted by molar-refractivity contribution is 5.94. The van der Waals surface area contributed by atoms with Crippen LogP contribution in [0.25, 0.3) is 0 Å².